The van der Waals surface area contributed by atoms with E-state index < -0.39 is 0 Å². The molecule has 0 aliphatic rings. The second-order valence-electron chi connectivity index (χ2n) is 3.88. The molecule has 3 aromatic rings. The molecule has 0 fully saturated rings. The first-order valence-corrected chi connectivity index (χ1v) is 5.18. The third kappa shape index (κ3) is 1.16. The van der Waals surface area contributed by atoms with Gasteiger partial charge in [-0.15, -0.1) is 0 Å². The highest BCUT2D eigenvalue weighted by Crippen LogP contribution is 2.23. The van der Waals surface area contributed by atoms with Crippen molar-refractivity contribution in [3.05, 3.63) is 58.4 Å². The minimum absolute atomic E-state index is 0.258. The van der Waals surface area contributed by atoms with Gasteiger partial charge in [0, 0.05) is 10.8 Å². The van der Waals surface area contributed by atoms with Crippen LogP contribution in [0.3, 0.4) is 0 Å². The van der Waals surface area contributed by atoms with Crippen LogP contribution in [0, 0.1) is 6.92 Å². The summed E-state index contributed by atoms with van der Waals surface area (Å²) in [4.78, 5) is 11.8. The minimum atomic E-state index is -0.258. The number of para-hydroxylation sites is 1. The monoisotopic (exact) mass is 210 g/mol. The molecular weight excluding hydrogens is 200 g/mol. The lowest BCUT2D eigenvalue weighted by molar-refractivity contribution is 0.569. The Balaban J connectivity index is 2.71. The fourth-order valence-electron chi connectivity index (χ4n) is 2.09. The van der Waals surface area contributed by atoms with Crippen molar-refractivity contribution in [2.45, 2.75) is 6.92 Å². The van der Waals surface area contributed by atoms with E-state index in [1.54, 1.807) is 0 Å². The van der Waals surface area contributed by atoms with E-state index in [2.05, 4.69) is 0 Å². The highest BCUT2D eigenvalue weighted by Gasteiger charge is 2.07. The molecule has 78 valence electrons. The molecule has 2 nitrogen and oxygen atoms in total. The summed E-state index contributed by atoms with van der Waals surface area (Å²) in [6.07, 6.45) is 0. The Morgan fingerprint density at radius 1 is 0.938 bits per heavy atom. The van der Waals surface area contributed by atoms with E-state index in [1.165, 1.54) is 0 Å². The van der Waals surface area contributed by atoms with Crippen LogP contribution in [0.4, 0.5) is 0 Å². The number of aryl methyl sites for hydroxylation is 1. The van der Waals surface area contributed by atoms with Crippen LogP contribution in [0.1, 0.15) is 5.56 Å². The van der Waals surface area contributed by atoms with Gasteiger partial charge >= 0.3 is 5.63 Å². The molecule has 0 aliphatic heterocycles. The lowest BCUT2D eigenvalue weighted by atomic mass is 10.0. The van der Waals surface area contributed by atoms with Crippen LogP contribution in [0.5, 0.6) is 0 Å². The van der Waals surface area contributed by atoms with Gasteiger partial charge in [-0.2, -0.15) is 0 Å². The maximum Gasteiger partial charge on any atom is 0.344 e. The molecule has 0 unspecified atom stereocenters. The lowest BCUT2D eigenvalue weighted by Crippen LogP contribution is -2.01. The highest BCUT2D eigenvalue weighted by atomic mass is 16.4. The summed E-state index contributed by atoms with van der Waals surface area (Å²) in [6, 6.07) is 13.5. The molecule has 0 radical (unpaired) electrons. The Kier molecular flexibility index (Phi) is 1.83. The van der Waals surface area contributed by atoms with E-state index in [0.29, 0.717) is 11.0 Å². The van der Waals surface area contributed by atoms with Gasteiger partial charge in [-0.1, -0.05) is 36.4 Å². The lowest BCUT2D eigenvalue weighted by Gasteiger charge is -2.03. The van der Waals surface area contributed by atoms with Crippen LogP contribution < -0.4 is 5.63 Å². The first-order valence-electron chi connectivity index (χ1n) is 5.18. The van der Waals surface area contributed by atoms with Crippen LogP contribution in [-0.4, -0.2) is 0 Å². The molecule has 1 aromatic heterocycles. The van der Waals surface area contributed by atoms with Gasteiger partial charge in [0.15, 0.2) is 0 Å². The Hall–Kier alpha value is -2.09. The van der Waals surface area contributed by atoms with Gasteiger partial charge < -0.3 is 4.42 Å². The standard InChI is InChI=1S/C14H10O2/c1-9-5-4-7-11-10-6-2-3-8-12(10)16-14(15)13(9)11/h2-8H,1H3. The molecule has 0 aliphatic carbocycles. The third-order valence-corrected chi connectivity index (χ3v) is 2.86. The number of hydrogen-bond acceptors (Lipinski definition) is 2. The molecule has 3 rings (SSSR count). The number of fused-ring (bicyclic) bond motifs is 3. The smallest absolute Gasteiger partial charge is 0.344 e. The van der Waals surface area contributed by atoms with Crippen molar-refractivity contribution in [1.82, 2.24) is 0 Å². The summed E-state index contributed by atoms with van der Waals surface area (Å²) in [6.45, 7) is 1.92. The van der Waals surface area contributed by atoms with Crippen LogP contribution in [-0.2, 0) is 0 Å². The largest absolute Gasteiger partial charge is 0.422 e. The second-order valence-corrected chi connectivity index (χ2v) is 3.88. The molecule has 2 aromatic carbocycles. The van der Waals surface area contributed by atoms with E-state index >= 15 is 0 Å². The van der Waals surface area contributed by atoms with Crippen molar-refractivity contribution in [2.24, 2.45) is 0 Å². The Morgan fingerprint density at radius 2 is 1.69 bits per heavy atom. The molecule has 0 saturated carbocycles. The van der Waals surface area contributed by atoms with Gasteiger partial charge in [0.05, 0.1) is 5.39 Å². The zero-order valence-electron chi connectivity index (χ0n) is 8.86. The molecule has 0 spiro atoms. The normalized spacial score (nSPS) is 11.1. The van der Waals surface area contributed by atoms with Crippen LogP contribution in [0.15, 0.2) is 51.7 Å². The number of benzene rings is 2. The molecule has 0 atom stereocenters. The van der Waals surface area contributed by atoms with Gasteiger partial charge in [-0.25, -0.2) is 4.79 Å². The fraction of sp³-hybridized carbons (Fsp3) is 0.0714. The summed E-state index contributed by atoms with van der Waals surface area (Å²) in [5.41, 5.74) is 1.34. The molecule has 0 N–H and O–H groups in total. The minimum Gasteiger partial charge on any atom is -0.422 e. The van der Waals surface area contributed by atoms with Crippen molar-refractivity contribution in [3.8, 4) is 0 Å². The van der Waals surface area contributed by atoms with Crippen molar-refractivity contribution in [1.29, 1.82) is 0 Å². The van der Waals surface area contributed by atoms with Crippen molar-refractivity contribution in [2.75, 3.05) is 0 Å². The molecule has 2 heteroatoms. The van der Waals surface area contributed by atoms with Crippen molar-refractivity contribution in [3.63, 3.8) is 0 Å². The number of hydrogen-bond donors (Lipinski definition) is 0. The quantitative estimate of drug-likeness (QED) is 0.421. The Labute approximate surface area is 92.1 Å². The first kappa shape index (κ1) is 9.16. The van der Waals surface area contributed by atoms with Crippen LogP contribution >= 0.6 is 0 Å². The topological polar surface area (TPSA) is 30.2 Å². The van der Waals surface area contributed by atoms with Gasteiger partial charge in [-0.05, 0) is 18.6 Å². The predicted molar refractivity (Wildman–Crippen MR) is 64.7 cm³/mol. The summed E-state index contributed by atoms with van der Waals surface area (Å²) in [7, 11) is 0. The Morgan fingerprint density at radius 3 is 2.56 bits per heavy atom. The van der Waals surface area contributed by atoms with Crippen LogP contribution in [0.2, 0.25) is 0 Å². The van der Waals surface area contributed by atoms with Gasteiger partial charge in [0.1, 0.15) is 5.58 Å². The average molecular weight is 210 g/mol. The molecule has 1 heterocycles. The summed E-state index contributed by atoms with van der Waals surface area (Å²) >= 11 is 0. The predicted octanol–water partition coefficient (Wildman–Crippen LogP) is 3.25. The molecule has 0 bridgehead atoms. The summed E-state index contributed by atoms with van der Waals surface area (Å²) < 4.78 is 5.30. The maximum atomic E-state index is 11.8. The Bertz CT molecular complexity index is 738. The van der Waals surface area contributed by atoms with E-state index in [4.69, 9.17) is 4.42 Å². The van der Waals surface area contributed by atoms with E-state index in [9.17, 15) is 4.79 Å². The average Bonchev–Trinajstić information content (AvgIpc) is 2.29. The number of rotatable bonds is 0. The van der Waals surface area contributed by atoms with Crippen LogP contribution in [0.25, 0.3) is 21.7 Å². The third-order valence-electron chi connectivity index (χ3n) is 2.86. The first-order chi connectivity index (χ1) is 7.77. The molecule has 0 amide bonds. The maximum absolute atomic E-state index is 11.8. The van der Waals surface area contributed by atoms with Gasteiger partial charge in [0.2, 0.25) is 0 Å². The van der Waals surface area contributed by atoms with Gasteiger partial charge in [0.25, 0.3) is 0 Å². The SMILES string of the molecule is Cc1cccc2c1c(=O)oc1ccccc12. The summed E-state index contributed by atoms with van der Waals surface area (Å²) in [5, 5.41) is 2.63. The zero-order chi connectivity index (χ0) is 11.1. The fourth-order valence-corrected chi connectivity index (χ4v) is 2.09. The van der Waals surface area contributed by atoms with Crippen molar-refractivity contribution < 1.29 is 4.42 Å². The second kappa shape index (κ2) is 3.20. The zero-order valence-corrected chi connectivity index (χ0v) is 8.86. The molecular formula is C14H10O2. The molecule has 0 saturated heterocycles. The summed E-state index contributed by atoms with van der Waals surface area (Å²) in [5.74, 6) is 0. The van der Waals surface area contributed by atoms with E-state index in [0.717, 1.165) is 16.3 Å². The van der Waals surface area contributed by atoms with Gasteiger partial charge in [-0.3, -0.25) is 0 Å². The highest BCUT2D eigenvalue weighted by molar-refractivity contribution is 6.05. The van der Waals surface area contributed by atoms with E-state index in [1.807, 2.05) is 49.4 Å². The van der Waals surface area contributed by atoms with Crippen molar-refractivity contribution >= 4 is 21.7 Å². The molecule has 16 heavy (non-hydrogen) atoms. The van der Waals surface area contributed by atoms with E-state index in [-0.39, 0.29) is 5.63 Å².